The van der Waals surface area contributed by atoms with Gasteiger partial charge in [0.25, 0.3) is 0 Å². The number of carbonyl (C=O) groups is 1. The molecule has 0 aliphatic carbocycles. The predicted octanol–water partition coefficient (Wildman–Crippen LogP) is 1.51. The molecule has 0 amide bonds. The first-order valence-electron chi connectivity index (χ1n) is 4.24. The predicted molar refractivity (Wildman–Crippen MR) is 48.3 cm³/mol. The number of hydrogen-bond donors (Lipinski definition) is 2. The molecule has 8 heteroatoms. The van der Waals surface area contributed by atoms with Crippen molar-refractivity contribution in [1.82, 2.24) is 5.39 Å². The Kier molecular flexibility index (Phi) is 7.35. The fourth-order valence-electron chi connectivity index (χ4n) is 0.688. The molecule has 0 spiro atoms. The largest absolute Gasteiger partial charge is 0.509 e. The Morgan fingerprint density at radius 1 is 1.47 bits per heavy atom. The first-order valence-corrected chi connectivity index (χ1v) is 4.67. The fourth-order valence-corrected chi connectivity index (χ4v) is 0.761. The first kappa shape index (κ1) is 14.4. The molecule has 2 unspecified atom stereocenters. The summed E-state index contributed by atoms with van der Waals surface area (Å²) < 4.78 is 9.07. The number of ether oxygens (including phenoxy) is 2. The number of nitrogens with zero attached hydrogens (tertiary/aromatic N) is 1. The van der Waals surface area contributed by atoms with Crippen LogP contribution < -0.4 is 0 Å². The summed E-state index contributed by atoms with van der Waals surface area (Å²) in [5.41, 5.74) is -0.753. The Morgan fingerprint density at radius 2 is 2.07 bits per heavy atom. The molecule has 0 fully saturated rings. The standard InChI is InChI=1S/C7H14ClNO6/c1-5(15-9(11)12)3-4-13-7(10)14-6(2)8/h5-6,11-12H,3-4H2,1-2H3. The number of halogens is 1. The highest BCUT2D eigenvalue weighted by molar-refractivity contribution is 6.19. The molecule has 0 aromatic carbocycles. The fraction of sp³-hybridized carbons (Fsp3) is 0.857. The molecule has 0 aliphatic heterocycles. The summed E-state index contributed by atoms with van der Waals surface area (Å²) >= 11 is 5.36. The Hall–Kier alpha value is -0.600. The zero-order valence-corrected chi connectivity index (χ0v) is 9.18. The van der Waals surface area contributed by atoms with Crippen LogP contribution in [0.4, 0.5) is 4.79 Å². The molecular formula is C7H14ClNO6. The lowest BCUT2D eigenvalue weighted by Crippen LogP contribution is -2.23. The molecule has 0 saturated heterocycles. The number of rotatable bonds is 6. The SMILES string of the molecule is CC(Cl)OC(=O)OCCC(C)ON(O)O. The van der Waals surface area contributed by atoms with Gasteiger partial charge in [-0.25, -0.2) is 9.63 Å². The molecule has 0 radical (unpaired) electrons. The lowest BCUT2D eigenvalue weighted by atomic mass is 10.3. The van der Waals surface area contributed by atoms with E-state index in [1.807, 2.05) is 0 Å². The average molecular weight is 244 g/mol. The number of hydrogen-bond acceptors (Lipinski definition) is 7. The van der Waals surface area contributed by atoms with E-state index in [9.17, 15) is 4.79 Å². The van der Waals surface area contributed by atoms with E-state index in [0.29, 0.717) is 0 Å². The van der Waals surface area contributed by atoms with Crippen molar-refractivity contribution in [3.63, 3.8) is 0 Å². The van der Waals surface area contributed by atoms with Crippen molar-refractivity contribution in [2.24, 2.45) is 0 Å². The van der Waals surface area contributed by atoms with Crippen molar-refractivity contribution < 1.29 is 29.5 Å². The lowest BCUT2D eigenvalue weighted by Gasteiger charge is -2.14. The third-order valence-corrected chi connectivity index (χ3v) is 1.37. The summed E-state index contributed by atoms with van der Waals surface area (Å²) in [6.07, 6.45) is -1.11. The van der Waals surface area contributed by atoms with Crippen LogP contribution in [0, 0.1) is 0 Å². The molecule has 0 bridgehead atoms. The first-order chi connectivity index (χ1) is 6.91. The molecule has 2 N–H and O–H groups in total. The maximum Gasteiger partial charge on any atom is 0.509 e. The number of carbonyl (C=O) groups excluding carboxylic acids is 1. The highest BCUT2D eigenvalue weighted by atomic mass is 35.5. The molecule has 0 rings (SSSR count). The van der Waals surface area contributed by atoms with Crippen LogP contribution in [0.3, 0.4) is 0 Å². The van der Waals surface area contributed by atoms with Crippen LogP contribution >= 0.6 is 11.6 Å². The molecule has 7 nitrogen and oxygen atoms in total. The van der Waals surface area contributed by atoms with Gasteiger partial charge in [-0.2, -0.15) is 0 Å². The van der Waals surface area contributed by atoms with Gasteiger partial charge in [0.05, 0.1) is 18.1 Å². The van der Waals surface area contributed by atoms with E-state index < -0.39 is 23.2 Å². The van der Waals surface area contributed by atoms with Gasteiger partial charge in [0.2, 0.25) is 0 Å². The van der Waals surface area contributed by atoms with Gasteiger partial charge < -0.3 is 9.47 Å². The minimum Gasteiger partial charge on any atom is -0.434 e. The van der Waals surface area contributed by atoms with E-state index >= 15 is 0 Å². The molecule has 90 valence electrons. The zero-order chi connectivity index (χ0) is 11.8. The molecule has 0 aromatic rings. The summed E-state index contributed by atoms with van der Waals surface area (Å²) in [6, 6.07) is 0. The monoisotopic (exact) mass is 243 g/mol. The van der Waals surface area contributed by atoms with Crippen molar-refractivity contribution in [2.75, 3.05) is 6.61 Å². The molecule has 0 heterocycles. The summed E-state index contributed by atoms with van der Waals surface area (Å²) in [6.45, 7) is 3.07. The summed E-state index contributed by atoms with van der Waals surface area (Å²) in [7, 11) is 0. The van der Waals surface area contributed by atoms with Crippen molar-refractivity contribution in [3.05, 3.63) is 0 Å². The van der Waals surface area contributed by atoms with Crippen LogP contribution in [0.5, 0.6) is 0 Å². The van der Waals surface area contributed by atoms with Crippen LogP contribution in [0.2, 0.25) is 0 Å². The highest BCUT2D eigenvalue weighted by Gasteiger charge is 2.10. The van der Waals surface area contributed by atoms with Gasteiger partial charge in [-0.3, -0.25) is 10.4 Å². The van der Waals surface area contributed by atoms with Gasteiger partial charge in [0.1, 0.15) is 0 Å². The molecule has 0 aliphatic rings. The topological polar surface area (TPSA) is 88.5 Å². The second-order valence-electron chi connectivity index (χ2n) is 2.72. The smallest absolute Gasteiger partial charge is 0.434 e. The Balaban J connectivity index is 3.48. The van der Waals surface area contributed by atoms with Crippen LogP contribution in [0.1, 0.15) is 20.3 Å². The molecule has 0 aromatic heterocycles. The second kappa shape index (κ2) is 7.66. The Bertz CT molecular complexity index is 188. The summed E-state index contributed by atoms with van der Waals surface area (Å²) in [5.74, 6) is 0. The van der Waals surface area contributed by atoms with E-state index in [0.717, 1.165) is 0 Å². The minimum absolute atomic E-state index is 0.0252. The average Bonchev–Trinajstić information content (AvgIpc) is 2.00. The summed E-state index contributed by atoms with van der Waals surface area (Å²) in [4.78, 5) is 15.2. The summed E-state index contributed by atoms with van der Waals surface area (Å²) in [5, 5.41) is 16.1. The van der Waals surface area contributed by atoms with Crippen molar-refractivity contribution in [3.8, 4) is 0 Å². The zero-order valence-electron chi connectivity index (χ0n) is 8.42. The van der Waals surface area contributed by atoms with Gasteiger partial charge in [0, 0.05) is 6.42 Å². The van der Waals surface area contributed by atoms with Gasteiger partial charge in [-0.15, -0.1) is 0 Å². The van der Waals surface area contributed by atoms with Gasteiger partial charge in [0.15, 0.2) is 5.56 Å². The molecular weight excluding hydrogens is 230 g/mol. The van der Waals surface area contributed by atoms with Crippen molar-refractivity contribution >= 4 is 17.8 Å². The van der Waals surface area contributed by atoms with Crippen LogP contribution in [-0.2, 0) is 14.3 Å². The molecule has 0 saturated carbocycles. The third kappa shape index (κ3) is 9.70. The van der Waals surface area contributed by atoms with E-state index in [-0.39, 0.29) is 13.0 Å². The van der Waals surface area contributed by atoms with E-state index in [1.54, 1.807) is 6.92 Å². The van der Waals surface area contributed by atoms with Gasteiger partial charge >= 0.3 is 6.16 Å². The Morgan fingerprint density at radius 3 is 2.53 bits per heavy atom. The van der Waals surface area contributed by atoms with Crippen molar-refractivity contribution in [2.45, 2.75) is 31.9 Å². The lowest BCUT2D eigenvalue weighted by molar-refractivity contribution is -0.503. The van der Waals surface area contributed by atoms with Crippen LogP contribution in [0.15, 0.2) is 0 Å². The van der Waals surface area contributed by atoms with Crippen LogP contribution in [-0.4, -0.2) is 40.2 Å². The number of alkyl halides is 1. The minimum atomic E-state index is -0.880. The van der Waals surface area contributed by atoms with Crippen LogP contribution in [0.25, 0.3) is 0 Å². The van der Waals surface area contributed by atoms with Gasteiger partial charge in [-0.05, 0) is 13.8 Å². The maximum atomic E-state index is 10.8. The van der Waals surface area contributed by atoms with E-state index in [2.05, 4.69) is 14.3 Å². The molecule has 2 atom stereocenters. The molecule has 15 heavy (non-hydrogen) atoms. The highest BCUT2D eigenvalue weighted by Crippen LogP contribution is 2.02. The van der Waals surface area contributed by atoms with Crippen molar-refractivity contribution in [1.29, 1.82) is 0 Å². The van der Waals surface area contributed by atoms with E-state index in [4.69, 9.17) is 22.0 Å². The quantitative estimate of drug-likeness (QED) is 0.415. The van der Waals surface area contributed by atoms with Gasteiger partial charge in [-0.1, -0.05) is 11.6 Å². The third-order valence-electron chi connectivity index (χ3n) is 1.28. The normalized spacial score (nSPS) is 14.8. The van der Waals surface area contributed by atoms with E-state index in [1.165, 1.54) is 6.92 Å². The maximum absolute atomic E-state index is 10.8. The Labute approximate surface area is 91.9 Å². The second-order valence-corrected chi connectivity index (χ2v) is 3.33.